The lowest BCUT2D eigenvalue weighted by Gasteiger charge is -2.02. The monoisotopic (exact) mass is 168 g/mol. The Morgan fingerprint density at radius 1 is 1.58 bits per heavy atom. The second kappa shape index (κ2) is 6.87. The van der Waals surface area contributed by atoms with Gasteiger partial charge in [0.05, 0.1) is 0 Å². The fourth-order valence-electron chi connectivity index (χ4n) is 0.723. The van der Waals surface area contributed by atoms with Crippen molar-refractivity contribution >= 4 is 5.78 Å². The van der Waals surface area contributed by atoms with Gasteiger partial charge in [-0.25, -0.2) is 0 Å². The zero-order chi connectivity index (χ0) is 9.40. The number of aliphatic hydroxyl groups is 1. The average molecular weight is 168 g/mol. The number of aliphatic hydroxyl groups excluding tert-OH is 1. The molecule has 0 saturated heterocycles. The van der Waals surface area contributed by atoms with Crippen LogP contribution in [0.3, 0.4) is 0 Å². The van der Waals surface area contributed by atoms with E-state index in [1.807, 2.05) is 0 Å². The molecule has 0 aromatic rings. The van der Waals surface area contributed by atoms with Gasteiger partial charge < -0.3 is 5.11 Å². The molecule has 0 aliphatic carbocycles. The average Bonchev–Trinajstić information content (AvgIpc) is 2.11. The summed E-state index contributed by atoms with van der Waals surface area (Å²) >= 11 is 0. The maximum Gasteiger partial charge on any atom is 0.230 e. The number of hydrogen-bond acceptors (Lipinski definition) is 2. The fraction of sp³-hybridized carbons (Fsp3) is 0.700. The first-order valence-electron chi connectivity index (χ1n) is 4.33. The molecule has 0 fully saturated rings. The highest BCUT2D eigenvalue weighted by molar-refractivity contribution is 5.96. The Morgan fingerprint density at radius 3 is 2.75 bits per heavy atom. The molecule has 0 saturated carbocycles. The van der Waals surface area contributed by atoms with Gasteiger partial charge in [-0.2, -0.15) is 0 Å². The molecule has 0 spiro atoms. The smallest absolute Gasteiger partial charge is 0.230 e. The van der Waals surface area contributed by atoms with Crippen molar-refractivity contribution in [2.45, 2.75) is 33.1 Å². The maximum absolute atomic E-state index is 10.5. The first kappa shape index (κ1) is 11.2. The summed E-state index contributed by atoms with van der Waals surface area (Å²) in [5, 5.41) is 8.34. The van der Waals surface area contributed by atoms with Gasteiger partial charge in [-0.3, -0.25) is 4.79 Å². The third kappa shape index (κ3) is 5.94. The van der Waals surface area contributed by atoms with Gasteiger partial charge in [0.15, 0.2) is 0 Å². The number of carbonyl (C=O) groups excluding carboxylic acids is 1. The highest BCUT2D eigenvalue weighted by atomic mass is 16.3. The van der Waals surface area contributed by atoms with E-state index in [1.54, 1.807) is 0 Å². The van der Waals surface area contributed by atoms with Crippen LogP contribution in [-0.2, 0) is 4.79 Å². The topological polar surface area (TPSA) is 37.3 Å². The van der Waals surface area contributed by atoms with E-state index in [1.165, 1.54) is 0 Å². The van der Waals surface area contributed by atoms with Gasteiger partial charge >= 0.3 is 0 Å². The molecule has 68 valence electrons. The van der Waals surface area contributed by atoms with E-state index in [4.69, 9.17) is 5.11 Å². The zero-order valence-electron chi connectivity index (χ0n) is 7.76. The van der Waals surface area contributed by atoms with Crippen molar-refractivity contribution in [2.24, 2.45) is 5.92 Å². The minimum absolute atomic E-state index is 0.390. The van der Waals surface area contributed by atoms with Crippen LogP contribution in [0.5, 0.6) is 0 Å². The first-order chi connectivity index (χ1) is 5.70. The van der Waals surface area contributed by atoms with E-state index >= 15 is 0 Å². The third-order valence-corrected chi connectivity index (χ3v) is 1.83. The van der Waals surface area contributed by atoms with Gasteiger partial charge in [0, 0.05) is 6.42 Å². The molecule has 1 N–H and O–H groups in total. The van der Waals surface area contributed by atoms with Gasteiger partial charge in [0.1, 0.15) is 6.61 Å². The molecule has 1 atom stereocenters. The van der Waals surface area contributed by atoms with Crippen LogP contribution in [-0.4, -0.2) is 17.5 Å². The molecule has 0 aliphatic heterocycles. The van der Waals surface area contributed by atoms with Crippen molar-refractivity contribution in [3.05, 3.63) is 0 Å². The fourth-order valence-corrected chi connectivity index (χ4v) is 0.723. The molecule has 12 heavy (non-hydrogen) atoms. The SMILES string of the molecule is CCC(C)CCC#CC(=O)CO. The Bertz CT molecular complexity index is 186. The van der Waals surface area contributed by atoms with E-state index in [0.29, 0.717) is 5.92 Å². The van der Waals surface area contributed by atoms with Gasteiger partial charge in [-0.05, 0) is 18.3 Å². The summed E-state index contributed by atoms with van der Waals surface area (Å²) in [6.07, 6.45) is 2.93. The Morgan fingerprint density at radius 2 is 2.25 bits per heavy atom. The standard InChI is InChI=1S/C10H16O2/c1-3-9(2)6-4-5-7-10(12)8-11/h9,11H,3-4,6,8H2,1-2H3. The predicted octanol–water partition coefficient (Wildman–Crippen LogP) is 1.38. The third-order valence-electron chi connectivity index (χ3n) is 1.83. The molecule has 0 aromatic carbocycles. The molecule has 0 rings (SSSR count). The lowest BCUT2D eigenvalue weighted by molar-refractivity contribution is -0.116. The quantitative estimate of drug-likeness (QED) is 0.508. The second-order valence-corrected chi connectivity index (χ2v) is 2.94. The van der Waals surface area contributed by atoms with Crippen LogP contribution in [0, 0.1) is 17.8 Å². The summed E-state index contributed by atoms with van der Waals surface area (Å²) in [6, 6.07) is 0. The molecule has 1 unspecified atom stereocenters. The van der Waals surface area contributed by atoms with Crippen molar-refractivity contribution in [3.63, 3.8) is 0 Å². The summed E-state index contributed by atoms with van der Waals surface area (Å²) in [5.41, 5.74) is 0. The molecule has 0 radical (unpaired) electrons. The van der Waals surface area contributed by atoms with Crippen LogP contribution in [0.1, 0.15) is 33.1 Å². The van der Waals surface area contributed by atoms with Crippen LogP contribution in [0.2, 0.25) is 0 Å². The lowest BCUT2D eigenvalue weighted by Crippen LogP contribution is -1.98. The van der Waals surface area contributed by atoms with Gasteiger partial charge in [0.25, 0.3) is 0 Å². The molecule has 0 aliphatic rings. The highest BCUT2D eigenvalue weighted by Crippen LogP contribution is 2.07. The number of rotatable bonds is 4. The summed E-state index contributed by atoms with van der Waals surface area (Å²) in [4.78, 5) is 10.5. The highest BCUT2D eigenvalue weighted by Gasteiger charge is 1.95. The normalized spacial score (nSPS) is 11.6. The lowest BCUT2D eigenvalue weighted by atomic mass is 10.0. The molecule has 2 heteroatoms. The summed E-state index contributed by atoms with van der Waals surface area (Å²) in [6.45, 7) is 3.84. The predicted molar refractivity (Wildman–Crippen MR) is 48.6 cm³/mol. The van der Waals surface area contributed by atoms with Crippen LogP contribution in [0.15, 0.2) is 0 Å². The van der Waals surface area contributed by atoms with Crippen molar-refractivity contribution in [1.82, 2.24) is 0 Å². The van der Waals surface area contributed by atoms with Gasteiger partial charge in [-0.1, -0.05) is 26.2 Å². The number of ketones is 1. The van der Waals surface area contributed by atoms with E-state index in [9.17, 15) is 4.79 Å². The molecule has 0 amide bonds. The number of hydrogen-bond donors (Lipinski definition) is 1. The molecular formula is C10H16O2. The number of carbonyl (C=O) groups is 1. The van der Waals surface area contributed by atoms with Crippen molar-refractivity contribution in [2.75, 3.05) is 6.61 Å². The van der Waals surface area contributed by atoms with Crippen molar-refractivity contribution in [1.29, 1.82) is 0 Å². The molecule has 0 bridgehead atoms. The Labute approximate surface area is 74.0 Å². The van der Waals surface area contributed by atoms with E-state index in [2.05, 4.69) is 25.7 Å². The summed E-state index contributed by atoms with van der Waals surface area (Å²) < 4.78 is 0. The summed E-state index contributed by atoms with van der Waals surface area (Å²) in [7, 11) is 0. The van der Waals surface area contributed by atoms with E-state index < -0.39 is 6.61 Å². The van der Waals surface area contributed by atoms with Gasteiger partial charge in [0.2, 0.25) is 5.78 Å². The van der Waals surface area contributed by atoms with Crippen molar-refractivity contribution < 1.29 is 9.90 Å². The van der Waals surface area contributed by atoms with E-state index in [-0.39, 0.29) is 5.78 Å². The Balaban J connectivity index is 3.52. The summed E-state index contributed by atoms with van der Waals surface area (Å²) in [5.74, 6) is 5.39. The Kier molecular flexibility index (Phi) is 6.41. The molecule has 0 heterocycles. The first-order valence-corrected chi connectivity index (χ1v) is 4.33. The minimum Gasteiger partial charge on any atom is -0.387 e. The Hall–Kier alpha value is -0.810. The maximum atomic E-state index is 10.5. The molecule has 0 aromatic heterocycles. The number of Topliss-reactive ketones (excluding diaryl/α,β-unsaturated/α-hetero) is 1. The minimum atomic E-state index is -0.462. The van der Waals surface area contributed by atoms with Crippen LogP contribution in [0.4, 0.5) is 0 Å². The van der Waals surface area contributed by atoms with Crippen LogP contribution >= 0.6 is 0 Å². The van der Waals surface area contributed by atoms with Crippen LogP contribution < -0.4 is 0 Å². The van der Waals surface area contributed by atoms with E-state index in [0.717, 1.165) is 19.3 Å². The second-order valence-electron chi connectivity index (χ2n) is 2.94. The van der Waals surface area contributed by atoms with Crippen LogP contribution in [0.25, 0.3) is 0 Å². The van der Waals surface area contributed by atoms with Crippen molar-refractivity contribution in [3.8, 4) is 11.8 Å². The molecular weight excluding hydrogens is 152 g/mol. The van der Waals surface area contributed by atoms with Gasteiger partial charge in [-0.15, -0.1) is 0 Å². The molecule has 2 nitrogen and oxygen atoms in total. The largest absolute Gasteiger partial charge is 0.387 e. The zero-order valence-corrected chi connectivity index (χ0v) is 7.76.